The van der Waals surface area contributed by atoms with E-state index in [9.17, 15) is 14.4 Å². The third-order valence-corrected chi connectivity index (χ3v) is 3.32. The number of nitrogens with two attached hydrogens (primary N) is 1. The number of anilines is 1. The minimum absolute atomic E-state index is 0. The van der Waals surface area contributed by atoms with Gasteiger partial charge in [-0.05, 0) is 37.1 Å². The van der Waals surface area contributed by atoms with Gasteiger partial charge in [-0.1, -0.05) is 13.8 Å². The molecule has 140 valence electrons. The lowest BCUT2D eigenvalue weighted by molar-refractivity contribution is -0.123. The van der Waals surface area contributed by atoms with E-state index in [4.69, 9.17) is 5.73 Å². The second-order valence-corrected chi connectivity index (χ2v) is 5.40. The molecule has 0 radical (unpaired) electrons. The summed E-state index contributed by atoms with van der Waals surface area (Å²) in [5.41, 5.74) is 6.30. The largest absolute Gasteiger partial charge is 0.346 e. The Kier molecular flexibility index (Phi) is 11.2. The molecule has 0 aromatic heterocycles. The van der Waals surface area contributed by atoms with Gasteiger partial charge < -0.3 is 21.3 Å². The Balaban J connectivity index is 0.00000576. The number of halogens is 1. The maximum atomic E-state index is 12.4. The van der Waals surface area contributed by atoms with E-state index in [1.54, 1.807) is 24.3 Å². The molecule has 0 fully saturated rings. The van der Waals surface area contributed by atoms with Gasteiger partial charge >= 0.3 is 0 Å². The van der Waals surface area contributed by atoms with Crippen molar-refractivity contribution in [3.8, 4) is 0 Å². The van der Waals surface area contributed by atoms with Gasteiger partial charge in [0.2, 0.25) is 11.8 Å². The third-order valence-electron chi connectivity index (χ3n) is 3.32. The Morgan fingerprint density at radius 2 is 1.56 bits per heavy atom. The molecule has 0 atom stereocenters. The van der Waals surface area contributed by atoms with Gasteiger partial charge in [0.25, 0.3) is 5.91 Å². The molecule has 0 aliphatic rings. The fourth-order valence-corrected chi connectivity index (χ4v) is 2.19. The quantitative estimate of drug-likeness (QED) is 0.610. The van der Waals surface area contributed by atoms with Crippen molar-refractivity contribution >= 4 is 35.8 Å². The molecule has 0 spiro atoms. The van der Waals surface area contributed by atoms with Gasteiger partial charge in [-0.15, -0.1) is 12.4 Å². The van der Waals surface area contributed by atoms with Crippen LogP contribution in [-0.2, 0) is 9.59 Å². The highest BCUT2D eigenvalue weighted by atomic mass is 35.5. The molecule has 8 heteroatoms. The number of rotatable bonds is 9. The van der Waals surface area contributed by atoms with Gasteiger partial charge in [-0.25, -0.2) is 0 Å². The average molecular weight is 371 g/mol. The first-order valence-corrected chi connectivity index (χ1v) is 8.17. The van der Waals surface area contributed by atoms with Gasteiger partial charge in [0.1, 0.15) is 0 Å². The van der Waals surface area contributed by atoms with E-state index in [2.05, 4.69) is 10.6 Å². The zero-order chi connectivity index (χ0) is 17.9. The van der Waals surface area contributed by atoms with Crippen molar-refractivity contribution in [3.63, 3.8) is 0 Å². The van der Waals surface area contributed by atoms with Crippen LogP contribution in [0.4, 0.5) is 5.69 Å². The van der Waals surface area contributed by atoms with Crippen LogP contribution >= 0.6 is 12.4 Å². The number of hydrogen-bond donors (Lipinski definition) is 3. The molecule has 1 rings (SSSR count). The van der Waals surface area contributed by atoms with Gasteiger partial charge in [0, 0.05) is 24.3 Å². The van der Waals surface area contributed by atoms with Crippen LogP contribution in [0.1, 0.15) is 37.0 Å². The van der Waals surface area contributed by atoms with Crippen LogP contribution in [0.25, 0.3) is 0 Å². The molecule has 4 N–H and O–H groups in total. The summed E-state index contributed by atoms with van der Waals surface area (Å²) in [4.78, 5) is 37.0. The van der Waals surface area contributed by atoms with Crippen LogP contribution in [0.15, 0.2) is 24.3 Å². The predicted molar refractivity (Wildman–Crippen MR) is 101 cm³/mol. The van der Waals surface area contributed by atoms with E-state index in [0.717, 1.165) is 25.9 Å². The summed E-state index contributed by atoms with van der Waals surface area (Å²) in [5.74, 6) is -0.751. The van der Waals surface area contributed by atoms with Crippen molar-refractivity contribution in [2.75, 3.05) is 31.5 Å². The van der Waals surface area contributed by atoms with Crippen molar-refractivity contribution in [1.29, 1.82) is 0 Å². The van der Waals surface area contributed by atoms with Gasteiger partial charge in [-0.3, -0.25) is 14.4 Å². The van der Waals surface area contributed by atoms with Gasteiger partial charge in [0.15, 0.2) is 0 Å². The summed E-state index contributed by atoms with van der Waals surface area (Å²) >= 11 is 0. The molecule has 0 aliphatic carbocycles. The fraction of sp³-hybridized carbons (Fsp3) is 0.471. The number of nitrogens with zero attached hydrogens (tertiary/aromatic N) is 1. The molecule has 1 aromatic carbocycles. The summed E-state index contributed by atoms with van der Waals surface area (Å²) in [6.07, 6.45) is 1.82. The van der Waals surface area contributed by atoms with Crippen molar-refractivity contribution in [2.45, 2.75) is 26.7 Å². The lowest BCUT2D eigenvalue weighted by Gasteiger charge is -2.21. The molecule has 7 nitrogen and oxygen atoms in total. The zero-order valence-corrected chi connectivity index (χ0v) is 15.5. The molecule has 25 heavy (non-hydrogen) atoms. The van der Waals surface area contributed by atoms with Crippen molar-refractivity contribution < 1.29 is 14.4 Å². The van der Waals surface area contributed by atoms with Gasteiger partial charge in [-0.2, -0.15) is 0 Å². The lowest BCUT2D eigenvalue weighted by atomic mass is 10.1. The first-order chi connectivity index (χ1) is 11.5. The minimum atomic E-state index is -0.391. The van der Waals surface area contributed by atoms with E-state index in [0.29, 0.717) is 11.3 Å². The van der Waals surface area contributed by atoms with Crippen LogP contribution in [0.2, 0.25) is 0 Å². The highest BCUT2D eigenvalue weighted by Crippen LogP contribution is 2.12. The van der Waals surface area contributed by atoms with Crippen LogP contribution in [0, 0.1) is 0 Å². The normalized spacial score (nSPS) is 9.72. The minimum Gasteiger partial charge on any atom is -0.346 e. The molecule has 0 saturated carbocycles. The maximum absolute atomic E-state index is 12.4. The van der Waals surface area contributed by atoms with Crippen molar-refractivity contribution in [3.05, 3.63) is 29.8 Å². The highest BCUT2D eigenvalue weighted by molar-refractivity contribution is 5.97. The van der Waals surface area contributed by atoms with Crippen molar-refractivity contribution in [2.24, 2.45) is 5.73 Å². The van der Waals surface area contributed by atoms with Crippen molar-refractivity contribution in [1.82, 2.24) is 10.2 Å². The molecule has 0 unspecified atom stereocenters. The molecule has 0 aliphatic heterocycles. The summed E-state index contributed by atoms with van der Waals surface area (Å²) < 4.78 is 0. The number of carbonyl (C=O) groups excluding carboxylic acids is 3. The molecule has 3 amide bonds. The Bertz CT molecular complexity index is 558. The molecule has 0 saturated heterocycles. The second kappa shape index (κ2) is 12.3. The Morgan fingerprint density at radius 1 is 1.00 bits per heavy atom. The smallest absolute Gasteiger partial charge is 0.253 e. The molecule has 1 aromatic rings. The monoisotopic (exact) mass is 370 g/mol. The van der Waals surface area contributed by atoms with E-state index < -0.39 is 5.91 Å². The van der Waals surface area contributed by atoms with E-state index in [-0.39, 0.29) is 37.3 Å². The number of nitrogens with one attached hydrogen (secondary N) is 2. The number of amides is 3. The Hall–Kier alpha value is -2.12. The molecule has 0 heterocycles. The Labute approximate surface area is 154 Å². The number of carbonyl (C=O) groups is 3. The summed E-state index contributed by atoms with van der Waals surface area (Å²) in [6.45, 7) is 5.24. The zero-order valence-electron chi connectivity index (χ0n) is 14.7. The number of benzene rings is 1. The van der Waals surface area contributed by atoms with Gasteiger partial charge in [0.05, 0.1) is 13.1 Å². The third kappa shape index (κ3) is 8.00. The first kappa shape index (κ1) is 22.9. The highest BCUT2D eigenvalue weighted by Gasteiger charge is 2.14. The number of hydrogen-bond acceptors (Lipinski definition) is 4. The fourth-order valence-electron chi connectivity index (χ4n) is 2.19. The molecular formula is C17H27ClN4O3. The maximum Gasteiger partial charge on any atom is 0.253 e. The predicted octanol–water partition coefficient (Wildman–Crippen LogP) is 1.38. The first-order valence-electron chi connectivity index (χ1n) is 8.17. The SMILES string of the molecule is CCCN(CCC)C(=O)c1ccc(NC(=O)CNC(=O)CN)cc1.Cl. The van der Waals surface area contributed by atoms with Crippen LogP contribution in [0.5, 0.6) is 0 Å². The summed E-state index contributed by atoms with van der Waals surface area (Å²) in [7, 11) is 0. The summed E-state index contributed by atoms with van der Waals surface area (Å²) in [6, 6.07) is 6.72. The van der Waals surface area contributed by atoms with E-state index >= 15 is 0 Å². The second-order valence-electron chi connectivity index (χ2n) is 5.40. The molecular weight excluding hydrogens is 344 g/mol. The standard InChI is InChI=1S/C17H26N4O3.ClH/c1-3-9-21(10-4-2)17(24)13-5-7-14(8-6-13)20-16(23)12-19-15(22)11-18;/h5-8H,3-4,9-12,18H2,1-2H3,(H,19,22)(H,20,23);1H. The lowest BCUT2D eigenvalue weighted by Crippen LogP contribution is -2.36. The molecule has 0 bridgehead atoms. The Morgan fingerprint density at radius 3 is 2.04 bits per heavy atom. The average Bonchev–Trinajstić information content (AvgIpc) is 2.59. The van der Waals surface area contributed by atoms with Crippen LogP contribution in [-0.4, -0.2) is 48.8 Å². The van der Waals surface area contributed by atoms with E-state index in [1.807, 2.05) is 18.7 Å². The topological polar surface area (TPSA) is 105 Å². The van der Waals surface area contributed by atoms with Crippen LogP contribution < -0.4 is 16.4 Å². The summed E-state index contributed by atoms with van der Waals surface area (Å²) in [5, 5.41) is 5.04. The van der Waals surface area contributed by atoms with Crippen LogP contribution in [0.3, 0.4) is 0 Å². The van der Waals surface area contributed by atoms with E-state index in [1.165, 1.54) is 0 Å².